The van der Waals surface area contributed by atoms with Crippen LogP contribution in [0, 0.1) is 0 Å². The third kappa shape index (κ3) is 5.41. The van der Waals surface area contributed by atoms with Gasteiger partial charge in [-0.05, 0) is 46.3 Å². The Morgan fingerprint density at radius 3 is 2.59 bits per heavy atom. The van der Waals surface area contributed by atoms with Crippen LogP contribution in [0.5, 0.6) is 0 Å². The molecule has 3 aromatic rings. The summed E-state index contributed by atoms with van der Waals surface area (Å²) in [6.07, 6.45) is -1.30. The number of aliphatic carboxylic acids is 1. The largest absolute Gasteiger partial charge is 0.480 e. The summed E-state index contributed by atoms with van der Waals surface area (Å²) >= 11 is 3.12. The van der Waals surface area contributed by atoms with E-state index in [1.807, 2.05) is 0 Å². The molecule has 0 radical (unpaired) electrons. The quantitative estimate of drug-likeness (QED) is 0.488. The number of carboxylic acids is 1. The highest BCUT2D eigenvalue weighted by Crippen LogP contribution is 2.35. The number of hydrogen-bond donors (Lipinski definition) is 3. The zero-order chi connectivity index (χ0) is 21.0. The van der Waals surface area contributed by atoms with Crippen molar-refractivity contribution in [3.05, 3.63) is 58.8 Å². The summed E-state index contributed by atoms with van der Waals surface area (Å²) in [6, 6.07) is 8.21. The summed E-state index contributed by atoms with van der Waals surface area (Å²) in [5.41, 5.74) is 0.657. The lowest BCUT2D eigenvalue weighted by atomic mass is 10.2. The van der Waals surface area contributed by atoms with E-state index >= 15 is 0 Å². The number of anilines is 3. The Balaban J connectivity index is 1.95. The minimum atomic E-state index is -4.46. The molecule has 2 heterocycles. The van der Waals surface area contributed by atoms with E-state index < -0.39 is 24.3 Å². The van der Waals surface area contributed by atoms with Crippen molar-refractivity contribution in [1.82, 2.24) is 15.0 Å². The standard InChI is InChI=1S/C18H13BrF3N5O2/c19-12-6-11(18(20,21)22)3-4-13(12)25-15-7-14(10-2-1-5-23-8-10)26-17(27-15)24-9-16(28)29/h1-8H,9H2,(H,28,29)(H2,24,25,26,27). The first-order valence-electron chi connectivity index (χ1n) is 8.11. The molecule has 150 valence electrons. The normalized spacial score (nSPS) is 11.2. The van der Waals surface area contributed by atoms with Crippen LogP contribution in [-0.4, -0.2) is 32.6 Å². The first kappa shape index (κ1) is 20.5. The van der Waals surface area contributed by atoms with Gasteiger partial charge in [0.25, 0.3) is 0 Å². The molecule has 29 heavy (non-hydrogen) atoms. The summed E-state index contributed by atoms with van der Waals surface area (Å²) in [6.45, 7) is -0.403. The summed E-state index contributed by atoms with van der Waals surface area (Å²) in [4.78, 5) is 23.3. The number of nitrogens with one attached hydrogen (secondary N) is 2. The number of aromatic nitrogens is 3. The minimum absolute atomic E-state index is 0.0410. The van der Waals surface area contributed by atoms with E-state index in [2.05, 4.69) is 41.5 Å². The first-order valence-corrected chi connectivity index (χ1v) is 8.90. The molecule has 0 unspecified atom stereocenters. The molecule has 1 aromatic carbocycles. The molecule has 3 N–H and O–H groups in total. The molecule has 0 aliphatic rings. The van der Waals surface area contributed by atoms with Crippen molar-refractivity contribution in [3.63, 3.8) is 0 Å². The lowest BCUT2D eigenvalue weighted by Gasteiger charge is -2.13. The third-order valence-corrected chi connectivity index (χ3v) is 4.30. The van der Waals surface area contributed by atoms with Crippen LogP contribution in [0.25, 0.3) is 11.3 Å². The Morgan fingerprint density at radius 1 is 1.17 bits per heavy atom. The van der Waals surface area contributed by atoms with Gasteiger partial charge < -0.3 is 15.7 Å². The predicted molar refractivity (Wildman–Crippen MR) is 104 cm³/mol. The Bertz CT molecular complexity index is 1030. The highest BCUT2D eigenvalue weighted by atomic mass is 79.9. The number of halogens is 4. The first-order chi connectivity index (χ1) is 13.7. The van der Waals surface area contributed by atoms with Crippen LogP contribution in [0.15, 0.2) is 53.3 Å². The predicted octanol–water partition coefficient (Wildman–Crippen LogP) is 4.56. The molecule has 0 fully saturated rings. The van der Waals surface area contributed by atoms with Gasteiger partial charge in [-0.1, -0.05) is 0 Å². The maximum atomic E-state index is 12.8. The average Bonchev–Trinajstić information content (AvgIpc) is 2.68. The van der Waals surface area contributed by atoms with Gasteiger partial charge in [-0.15, -0.1) is 0 Å². The monoisotopic (exact) mass is 467 g/mol. The molecule has 0 saturated carbocycles. The SMILES string of the molecule is O=C(O)CNc1nc(Nc2ccc(C(F)(F)F)cc2Br)cc(-c2cccnc2)n1. The maximum absolute atomic E-state index is 12.8. The van der Waals surface area contributed by atoms with Crippen LogP contribution in [0.1, 0.15) is 5.56 Å². The molecule has 7 nitrogen and oxygen atoms in total. The summed E-state index contributed by atoms with van der Waals surface area (Å²) in [7, 11) is 0. The topological polar surface area (TPSA) is 100 Å². The third-order valence-electron chi connectivity index (χ3n) is 3.64. The number of alkyl halides is 3. The van der Waals surface area contributed by atoms with Crippen LogP contribution in [0.2, 0.25) is 0 Å². The highest BCUT2D eigenvalue weighted by molar-refractivity contribution is 9.10. The van der Waals surface area contributed by atoms with Crippen molar-refractivity contribution < 1.29 is 23.1 Å². The number of rotatable bonds is 6. The number of carboxylic acid groups (broad SMARTS) is 1. The van der Waals surface area contributed by atoms with E-state index in [0.29, 0.717) is 16.9 Å². The summed E-state index contributed by atoms with van der Waals surface area (Å²) < 4.78 is 38.7. The van der Waals surface area contributed by atoms with Gasteiger partial charge in [-0.25, -0.2) is 4.98 Å². The molecule has 3 rings (SSSR count). The van der Waals surface area contributed by atoms with Gasteiger partial charge in [0.2, 0.25) is 5.95 Å². The highest BCUT2D eigenvalue weighted by Gasteiger charge is 2.30. The van der Waals surface area contributed by atoms with Crippen molar-refractivity contribution in [3.8, 4) is 11.3 Å². The van der Waals surface area contributed by atoms with Gasteiger partial charge in [-0.3, -0.25) is 9.78 Å². The second-order valence-corrected chi connectivity index (χ2v) is 6.62. The molecule has 0 amide bonds. The molecule has 0 bridgehead atoms. The van der Waals surface area contributed by atoms with E-state index in [1.54, 1.807) is 30.6 Å². The summed E-state index contributed by atoms with van der Waals surface area (Å²) in [5.74, 6) is -0.799. The Morgan fingerprint density at radius 2 is 1.97 bits per heavy atom. The number of nitrogens with zero attached hydrogens (tertiary/aromatic N) is 3. The van der Waals surface area contributed by atoms with Gasteiger partial charge in [0.05, 0.1) is 16.9 Å². The fourth-order valence-corrected chi connectivity index (χ4v) is 2.82. The average molecular weight is 468 g/mol. The van der Waals surface area contributed by atoms with E-state index in [1.165, 1.54) is 6.07 Å². The van der Waals surface area contributed by atoms with Crippen LogP contribution in [0.4, 0.5) is 30.6 Å². The van der Waals surface area contributed by atoms with Crippen LogP contribution in [-0.2, 0) is 11.0 Å². The maximum Gasteiger partial charge on any atom is 0.416 e. The van der Waals surface area contributed by atoms with Crippen molar-refractivity contribution in [2.75, 3.05) is 17.2 Å². The fraction of sp³-hybridized carbons (Fsp3) is 0.111. The number of hydrogen-bond acceptors (Lipinski definition) is 6. The number of carbonyl (C=O) groups is 1. The molecule has 0 spiro atoms. The molecule has 0 saturated heterocycles. The van der Waals surface area contributed by atoms with Gasteiger partial charge in [-0.2, -0.15) is 18.2 Å². The second-order valence-electron chi connectivity index (χ2n) is 5.77. The van der Waals surface area contributed by atoms with Crippen molar-refractivity contribution >= 4 is 39.4 Å². The zero-order valence-corrected chi connectivity index (χ0v) is 16.1. The van der Waals surface area contributed by atoms with Gasteiger partial charge in [0.15, 0.2) is 0 Å². The van der Waals surface area contributed by atoms with Crippen molar-refractivity contribution in [1.29, 1.82) is 0 Å². The Hall–Kier alpha value is -3.21. The van der Waals surface area contributed by atoms with Crippen molar-refractivity contribution in [2.24, 2.45) is 0 Å². The van der Waals surface area contributed by atoms with E-state index in [-0.39, 0.29) is 16.2 Å². The van der Waals surface area contributed by atoms with Crippen molar-refractivity contribution in [2.45, 2.75) is 6.18 Å². The lowest BCUT2D eigenvalue weighted by molar-refractivity contribution is -0.137. The zero-order valence-electron chi connectivity index (χ0n) is 14.5. The van der Waals surface area contributed by atoms with Gasteiger partial charge in [0, 0.05) is 28.5 Å². The summed E-state index contributed by atoms with van der Waals surface area (Å²) in [5, 5.41) is 14.3. The number of pyridine rings is 1. The van der Waals surface area contributed by atoms with Crippen LogP contribution >= 0.6 is 15.9 Å². The van der Waals surface area contributed by atoms with Gasteiger partial charge >= 0.3 is 12.1 Å². The molecular weight excluding hydrogens is 455 g/mol. The van der Waals surface area contributed by atoms with Gasteiger partial charge in [0.1, 0.15) is 12.4 Å². The number of benzene rings is 1. The molecule has 0 aliphatic carbocycles. The fourth-order valence-electron chi connectivity index (χ4n) is 2.34. The van der Waals surface area contributed by atoms with Crippen LogP contribution < -0.4 is 10.6 Å². The minimum Gasteiger partial charge on any atom is -0.480 e. The van der Waals surface area contributed by atoms with E-state index in [0.717, 1.165) is 12.1 Å². The molecule has 0 aliphatic heterocycles. The second kappa shape index (κ2) is 8.43. The molecule has 2 aromatic heterocycles. The van der Waals surface area contributed by atoms with Crippen LogP contribution in [0.3, 0.4) is 0 Å². The van der Waals surface area contributed by atoms with E-state index in [9.17, 15) is 18.0 Å². The van der Waals surface area contributed by atoms with E-state index in [4.69, 9.17) is 5.11 Å². The lowest BCUT2D eigenvalue weighted by Crippen LogP contribution is -2.15. The molecule has 0 atom stereocenters. The molecule has 11 heteroatoms. The Labute approximate surface area is 171 Å². The molecular formula is C18H13BrF3N5O2. The smallest absolute Gasteiger partial charge is 0.416 e. The Kier molecular flexibility index (Phi) is 5.97.